The molecule has 3 aromatic carbocycles. The molecule has 0 bridgehead atoms. The quantitative estimate of drug-likeness (QED) is 0.480. The van der Waals surface area contributed by atoms with E-state index in [4.69, 9.17) is 11.6 Å². The SMILES string of the molecule is O=C1C(Nc2ccccc2F)=C(Sc2ccc(Cl)cc2)C(=O)N1CCc1ccccc1. The maximum atomic E-state index is 14.2. The second-order valence-corrected chi connectivity index (χ2v) is 8.38. The summed E-state index contributed by atoms with van der Waals surface area (Å²) in [7, 11) is 0. The molecule has 0 aliphatic carbocycles. The van der Waals surface area contributed by atoms with E-state index in [1.54, 1.807) is 36.4 Å². The highest BCUT2D eigenvalue weighted by Gasteiger charge is 2.39. The van der Waals surface area contributed by atoms with Crippen LogP contribution in [-0.4, -0.2) is 23.3 Å². The second-order valence-electron chi connectivity index (χ2n) is 6.86. The molecule has 0 radical (unpaired) electrons. The number of benzene rings is 3. The van der Waals surface area contributed by atoms with Crippen molar-refractivity contribution < 1.29 is 14.0 Å². The number of carbonyl (C=O) groups is 2. The third-order valence-electron chi connectivity index (χ3n) is 4.76. The number of amides is 2. The standard InChI is InChI=1S/C24H18ClFN2O2S/c25-17-10-12-18(13-11-17)31-22-21(27-20-9-5-4-8-19(20)26)23(29)28(24(22)30)15-14-16-6-2-1-3-7-16/h1-13,27H,14-15H2. The van der Waals surface area contributed by atoms with E-state index in [-0.39, 0.29) is 22.8 Å². The molecular formula is C24H18ClFN2O2S. The summed E-state index contributed by atoms with van der Waals surface area (Å²) in [5.74, 6) is -1.38. The first kappa shape index (κ1) is 21.2. The first-order valence-corrected chi connectivity index (χ1v) is 10.8. The van der Waals surface area contributed by atoms with Gasteiger partial charge >= 0.3 is 0 Å². The molecule has 0 saturated carbocycles. The van der Waals surface area contributed by atoms with Crippen molar-refractivity contribution in [1.82, 2.24) is 4.90 Å². The Kier molecular flexibility index (Phi) is 6.39. The molecule has 1 heterocycles. The molecule has 4 nitrogen and oxygen atoms in total. The molecular weight excluding hydrogens is 435 g/mol. The van der Waals surface area contributed by atoms with Gasteiger partial charge in [0, 0.05) is 16.5 Å². The average Bonchev–Trinajstić information content (AvgIpc) is 3.00. The van der Waals surface area contributed by atoms with Crippen molar-refractivity contribution in [1.29, 1.82) is 0 Å². The van der Waals surface area contributed by atoms with Gasteiger partial charge in [-0.3, -0.25) is 14.5 Å². The molecule has 0 atom stereocenters. The topological polar surface area (TPSA) is 49.4 Å². The summed E-state index contributed by atoms with van der Waals surface area (Å²) in [5, 5.41) is 3.42. The Morgan fingerprint density at radius 3 is 2.26 bits per heavy atom. The van der Waals surface area contributed by atoms with Crippen molar-refractivity contribution in [3.63, 3.8) is 0 Å². The summed E-state index contributed by atoms with van der Waals surface area (Å²) >= 11 is 7.11. The Bertz CT molecular complexity index is 1150. The molecule has 0 aromatic heterocycles. The van der Waals surface area contributed by atoms with Crippen LogP contribution in [-0.2, 0) is 16.0 Å². The van der Waals surface area contributed by atoms with Crippen LogP contribution in [0.15, 0.2) is 94.4 Å². The fourth-order valence-corrected chi connectivity index (χ4v) is 4.24. The van der Waals surface area contributed by atoms with Crippen LogP contribution < -0.4 is 5.32 Å². The van der Waals surface area contributed by atoms with Gasteiger partial charge in [-0.25, -0.2) is 4.39 Å². The van der Waals surface area contributed by atoms with Gasteiger partial charge in [0.15, 0.2) is 0 Å². The van der Waals surface area contributed by atoms with E-state index in [1.807, 2.05) is 30.3 Å². The Balaban J connectivity index is 1.63. The molecule has 0 saturated heterocycles. The molecule has 0 fully saturated rings. The number of imide groups is 1. The first-order chi connectivity index (χ1) is 15.0. The highest BCUT2D eigenvalue weighted by Crippen LogP contribution is 2.36. The zero-order valence-corrected chi connectivity index (χ0v) is 17.9. The number of carbonyl (C=O) groups excluding carboxylic acids is 2. The lowest BCUT2D eigenvalue weighted by molar-refractivity contribution is -0.137. The van der Waals surface area contributed by atoms with Crippen molar-refractivity contribution in [2.45, 2.75) is 11.3 Å². The predicted octanol–water partition coefficient (Wildman–Crippen LogP) is 5.51. The van der Waals surface area contributed by atoms with Gasteiger partial charge in [0.1, 0.15) is 16.4 Å². The molecule has 4 rings (SSSR count). The minimum atomic E-state index is -0.506. The number of hydrogen-bond acceptors (Lipinski definition) is 4. The van der Waals surface area contributed by atoms with E-state index < -0.39 is 17.6 Å². The molecule has 1 N–H and O–H groups in total. The van der Waals surface area contributed by atoms with Gasteiger partial charge in [-0.15, -0.1) is 0 Å². The van der Waals surface area contributed by atoms with Gasteiger partial charge < -0.3 is 5.32 Å². The molecule has 1 aliphatic rings. The lowest BCUT2D eigenvalue weighted by atomic mass is 10.1. The van der Waals surface area contributed by atoms with E-state index >= 15 is 0 Å². The zero-order valence-electron chi connectivity index (χ0n) is 16.3. The van der Waals surface area contributed by atoms with Crippen LogP contribution in [0.3, 0.4) is 0 Å². The number of anilines is 1. The predicted molar refractivity (Wildman–Crippen MR) is 121 cm³/mol. The van der Waals surface area contributed by atoms with Gasteiger partial charge in [0.25, 0.3) is 11.8 Å². The molecule has 7 heteroatoms. The van der Waals surface area contributed by atoms with E-state index in [9.17, 15) is 14.0 Å². The Morgan fingerprint density at radius 1 is 0.871 bits per heavy atom. The van der Waals surface area contributed by atoms with E-state index in [1.165, 1.54) is 17.0 Å². The van der Waals surface area contributed by atoms with Gasteiger partial charge in [-0.05, 0) is 48.4 Å². The summed E-state index contributed by atoms with van der Waals surface area (Å²) in [5.41, 5.74) is 1.23. The van der Waals surface area contributed by atoms with E-state index in [2.05, 4.69) is 5.32 Å². The smallest absolute Gasteiger partial charge is 0.278 e. The normalized spacial score (nSPS) is 13.8. The van der Waals surface area contributed by atoms with Crippen molar-refractivity contribution in [3.8, 4) is 0 Å². The third-order valence-corrected chi connectivity index (χ3v) is 6.10. The van der Waals surface area contributed by atoms with Gasteiger partial charge in [-0.1, -0.05) is 65.8 Å². The van der Waals surface area contributed by atoms with E-state index in [0.29, 0.717) is 11.4 Å². The maximum absolute atomic E-state index is 14.2. The highest BCUT2D eigenvalue weighted by molar-refractivity contribution is 8.04. The summed E-state index contributed by atoms with van der Waals surface area (Å²) in [6.45, 7) is 0.231. The monoisotopic (exact) mass is 452 g/mol. The summed E-state index contributed by atoms with van der Waals surface area (Å²) in [6.07, 6.45) is 0.532. The minimum Gasteiger partial charge on any atom is -0.348 e. The van der Waals surface area contributed by atoms with E-state index in [0.717, 1.165) is 22.2 Å². The molecule has 1 aliphatic heterocycles. The Morgan fingerprint density at radius 2 is 1.55 bits per heavy atom. The highest BCUT2D eigenvalue weighted by atomic mass is 35.5. The average molecular weight is 453 g/mol. The Hall–Kier alpha value is -3.09. The second kappa shape index (κ2) is 9.37. The Labute approximate surface area is 188 Å². The zero-order chi connectivity index (χ0) is 21.8. The van der Waals surface area contributed by atoms with Crippen LogP contribution in [0.25, 0.3) is 0 Å². The lowest BCUT2D eigenvalue weighted by Gasteiger charge is -2.15. The van der Waals surface area contributed by atoms with Gasteiger partial charge in [0.2, 0.25) is 0 Å². The van der Waals surface area contributed by atoms with Crippen LogP contribution >= 0.6 is 23.4 Å². The van der Waals surface area contributed by atoms with Gasteiger partial charge in [-0.2, -0.15) is 0 Å². The number of rotatable bonds is 7. The molecule has 31 heavy (non-hydrogen) atoms. The van der Waals surface area contributed by atoms with Crippen LogP contribution in [0.2, 0.25) is 5.02 Å². The molecule has 0 spiro atoms. The van der Waals surface area contributed by atoms with Gasteiger partial charge in [0.05, 0.1) is 5.69 Å². The first-order valence-electron chi connectivity index (χ1n) is 9.62. The third kappa shape index (κ3) is 4.81. The maximum Gasteiger partial charge on any atom is 0.278 e. The van der Waals surface area contributed by atoms with Crippen molar-refractivity contribution in [2.24, 2.45) is 0 Å². The fourth-order valence-electron chi connectivity index (χ4n) is 3.17. The number of nitrogens with zero attached hydrogens (tertiary/aromatic N) is 1. The molecule has 0 unspecified atom stereocenters. The number of halogens is 2. The minimum absolute atomic E-state index is 0.0723. The molecule has 156 valence electrons. The summed E-state index contributed by atoms with van der Waals surface area (Å²) in [4.78, 5) is 28.5. The van der Waals surface area contributed by atoms with Crippen LogP contribution in [0.4, 0.5) is 10.1 Å². The summed E-state index contributed by atoms with van der Waals surface area (Å²) < 4.78 is 14.2. The number of thioether (sulfide) groups is 1. The largest absolute Gasteiger partial charge is 0.348 e. The van der Waals surface area contributed by atoms with Crippen molar-refractivity contribution in [3.05, 3.63) is 106 Å². The fraction of sp³-hybridized carbons (Fsp3) is 0.0833. The summed E-state index contributed by atoms with van der Waals surface area (Å²) in [6, 6.07) is 22.6. The molecule has 2 amide bonds. The number of hydrogen-bond donors (Lipinski definition) is 1. The number of para-hydroxylation sites is 1. The number of nitrogens with one attached hydrogen (secondary N) is 1. The van der Waals surface area contributed by atoms with Crippen LogP contribution in [0, 0.1) is 5.82 Å². The van der Waals surface area contributed by atoms with Crippen molar-refractivity contribution in [2.75, 3.05) is 11.9 Å². The van der Waals surface area contributed by atoms with Crippen LogP contribution in [0.1, 0.15) is 5.56 Å². The van der Waals surface area contributed by atoms with Crippen molar-refractivity contribution >= 4 is 40.9 Å². The lowest BCUT2D eigenvalue weighted by Crippen LogP contribution is -2.34. The molecule has 3 aromatic rings. The van der Waals surface area contributed by atoms with Crippen LogP contribution in [0.5, 0.6) is 0 Å².